The molecule has 1 saturated heterocycles. The third-order valence-electron chi connectivity index (χ3n) is 7.22. The Morgan fingerprint density at radius 3 is 1.68 bits per heavy atom. The van der Waals surface area contributed by atoms with E-state index in [1.54, 1.807) is 20.8 Å². The minimum absolute atomic E-state index is 0.309. The van der Waals surface area contributed by atoms with Crippen LogP contribution in [0.2, 0.25) is 0 Å². The number of β-amino-alcohol motifs (C(OH)–C–C–N with tert-alkyl or cyclic N) is 1. The molecule has 0 aromatic heterocycles. The Balaban J connectivity index is 1.62. The lowest BCUT2D eigenvalue weighted by Gasteiger charge is -2.38. The highest BCUT2D eigenvalue weighted by Gasteiger charge is 2.50. The minimum atomic E-state index is -1.84. The van der Waals surface area contributed by atoms with Crippen LogP contribution in [0.1, 0.15) is 37.5 Å². The van der Waals surface area contributed by atoms with Gasteiger partial charge in [0.1, 0.15) is 35.6 Å². The number of benzene rings is 3. The molecule has 0 bridgehead atoms. The van der Waals surface area contributed by atoms with Crippen LogP contribution in [0.25, 0.3) is 0 Å². The number of aliphatic hydroxyl groups excluding tert-OH is 5. The Morgan fingerprint density at radius 1 is 0.829 bits per heavy atom. The number of rotatable bonds is 9. The summed E-state index contributed by atoms with van der Waals surface area (Å²) in [6, 6.07) is 27.0. The number of amides is 1. The standard InChI is InChI=1S/C32H39NO8/c1-31(2,3)41-30(39)33-19-24(34)27(36)26(33)29(38)28(37)25(35)20-40-32(21-13-7-4-8-14-21,22-15-9-5-10-16-22)23-17-11-6-12-18-23/h4-18,24-29,34-38H,19-20H2,1-3H3/t24-,25+,26-,27-,28-,29-/m1/s1. The summed E-state index contributed by atoms with van der Waals surface area (Å²) in [7, 11) is 0. The average Bonchev–Trinajstić information content (AvgIpc) is 3.27. The molecule has 5 N–H and O–H groups in total. The molecular weight excluding hydrogens is 526 g/mol. The highest BCUT2D eigenvalue weighted by molar-refractivity contribution is 5.69. The van der Waals surface area contributed by atoms with Crippen molar-refractivity contribution in [2.75, 3.05) is 13.2 Å². The first kappa shape index (κ1) is 30.6. The first-order valence-electron chi connectivity index (χ1n) is 13.7. The van der Waals surface area contributed by atoms with Crippen molar-refractivity contribution in [3.05, 3.63) is 108 Å². The van der Waals surface area contributed by atoms with E-state index in [4.69, 9.17) is 9.47 Å². The third-order valence-corrected chi connectivity index (χ3v) is 7.22. The summed E-state index contributed by atoms with van der Waals surface area (Å²) in [6.07, 6.45) is -9.11. The highest BCUT2D eigenvalue weighted by Crippen LogP contribution is 2.40. The first-order valence-corrected chi connectivity index (χ1v) is 13.7. The van der Waals surface area contributed by atoms with Gasteiger partial charge in [0, 0.05) is 0 Å². The van der Waals surface area contributed by atoms with Crippen molar-refractivity contribution in [2.45, 2.75) is 68.5 Å². The van der Waals surface area contributed by atoms with Crippen LogP contribution < -0.4 is 0 Å². The molecule has 1 amide bonds. The van der Waals surface area contributed by atoms with Crippen molar-refractivity contribution in [1.29, 1.82) is 0 Å². The Morgan fingerprint density at radius 2 is 1.27 bits per heavy atom. The van der Waals surface area contributed by atoms with E-state index in [0.717, 1.165) is 21.6 Å². The van der Waals surface area contributed by atoms with Crippen LogP contribution in [-0.4, -0.2) is 91.8 Å². The Bertz CT molecular complexity index is 1150. The predicted octanol–water partition coefficient (Wildman–Crippen LogP) is 2.42. The number of ether oxygens (including phenoxy) is 2. The quantitative estimate of drug-likeness (QED) is 0.249. The maximum absolute atomic E-state index is 12.8. The van der Waals surface area contributed by atoms with E-state index in [9.17, 15) is 30.3 Å². The molecule has 1 aliphatic heterocycles. The van der Waals surface area contributed by atoms with Crippen LogP contribution in [0, 0.1) is 0 Å². The van der Waals surface area contributed by atoms with Crippen LogP contribution in [-0.2, 0) is 15.1 Å². The van der Waals surface area contributed by atoms with E-state index in [0.29, 0.717) is 0 Å². The van der Waals surface area contributed by atoms with Gasteiger partial charge in [0.05, 0.1) is 25.3 Å². The molecule has 0 unspecified atom stereocenters. The Hall–Kier alpha value is -3.31. The molecule has 1 fully saturated rings. The minimum Gasteiger partial charge on any atom is -0.444 e. The molecule has 220 valence electrons. The van der Waals surface area contributed by atoms with Crippen molar-refractivity contribution in [3.8, 4) is 0 Å². The van der Waals surface area contributed by atoms with Gasteiger partial charge in [0.2, 0.25) is 0 Å². The van der Waals surface area contributed by atoms with Gasteiger partial charge in [-0.15, -0.1) is 0 Å². The zero-order valence-corrected chi connectivity index (χ0v) is 23.4. The molecule has 9 heteroatoms. The monoisotopic (exact) mass is 565 g/mol. The second-order valence-electron chi connectivity index (χ2n) is 11.3. The second kappa shape index (κ2) is 12.7. The fourth-order valence-electron chi connectivity index (χ4n) is 5.25. The molecule has 1 heterocycles. The molecule has 6 atom stereocenters. The van der Waals surface area contributed by atoms with Crippen molar-refractivity contribution < 1.29 is 39.8 Å². The fourth-order valence-corrected chi connectivity index (χ4v) is 5.25. The average molecular weight is 566 g/mol. The van der Waals surface area contributed by atoms with Gasteiger partial charge in [0.25, 0.3) is 0 Å². The van der Waals surface area contributed by atoms with Crippen LogP contribution in [0.5, 0.6) is 0 Å². The maximum atomic E-state index is 12.8. The molecule has 4 rings (SSSR count). The van der Waals surface area contributed by atoms with Gasteiger partial charge in [-0.05, 0) is 37.5 Å². The zero-order chi connectivity index (χ0) is 29.8. The molecule has 3 aromatic carbocycles. The SMILES string of the molecule is CC(C)(C)OC(=O)N1C[C@@H](O)[C@@H](O)[C@@H]1[C@@H](O)[C@H](O)[C@@H](O)COC(c1ccccc1)(c1ccccc1)c1ccccc1. The van der Waals surface area contributed by atoms with Crippen LogP contribution >= 0.6 is 0 Å². The van der Waals surface area contributed by atoms with Gasteiger partial charge >= 0.3 is 6.09 Å². The number of nitrogens with zero attached hydrogens (tertiary/aromatic N) is 1. The van der Waals surface area contributed by atoms with Gasteiger partial charge in [-0.1, -0.05) is 91.0 Å². The largest absolute Gasteiger partial charge is 0.444 e. The molecule has 3 aromatic rings. The molecule has 0 aliphatic carbocycles. The summed E-state index contributed by atoms with van der Waals surface area (Å²) in [5, 5.41) is 54.1. The Kier molecular flexibility index (Phi) is 9.48. The normalized spacial score (nSPS) is 21.8. The number of carbonyl (C=O) groups excluding carboxylic acids is 1. The van der Waals surface area contributed by atoms with Gasteiger partial charge < -0.3 is 35.0 Å². The summed E-state index contributed by atoms with van der Waals surface area (Å²) in [5.41, 5.74) is 0.300. The second-order valence-corrected chi connectivity index (χ2v) is 11.3. The molecule has 9 nitrogen and oxygen atoms in total. The van der Waals surface area contributed by atoms with E-state index >= 15 is 0 Å². The maximum Gasteiger partial charge on any atom is 0.410 e. The van der Waals surface area contributed by atoms with E-state index in [1.807, 2.05) is 91.0 Å². The van der Waals surface area contributed by atoms with Crippen LogP contribution in [0.3, 0.4) is 0 Å². The van der Waals surface area contributed by atoms with Crippen molar-refractivity contribution in [1.82, 2.24) is 4.90 Å². The number of carbonyl (C=O) groups is 1. The number of hydrogen-bond donors (Lipinski definition) is 5. The Labute approximate surface area is 240 Å². The lowest BCUT2D eigenvalue weighted by atomic mass is 9.80. The predicted molar refractivity (Wildman–Crippen MR) is 152 cm³/mol. The third kappa shape index (κ3) is 6.62. The van der Waals surface area contributed by atoms with Gasteiger partial charge in [-0.3, -0.25) is 4.90 Å². The first-order chi connectivity index (χ1) is 19.5. The number of aliphatic hydroxyl groups is 5. The highest BCUT2D eigenvalue weighted by atomic mass is 16.6. The summed E-state index contributed by atoms with van der Waals surface area (Å²) in [6.45, 7) is 4.25. The van der Waals surface area contributed by atoms with Crippen molar-refractivity contribution in [2.24, 2.45) is 0 Å². The lowest BCUT2D eigenvalue weighted by Crippen LogP contribution is -2.56. The number of likely N-dealkylation sites (tertiary alicyclic amines) is 1. The zero-order valence-electron chi connectivity index (χ0n) is 23.4. The topological polar surface area (TPSA) is 140 Å². The summed E-state index contributed by atoms with van der Waals surface area (Å²) < 4.78 is 11.9. The van der Waals surface area contributed by atoms with Crippen LogP contribution in [0.15, 0.2) is 91.0 Å². The number of hydrogen-bond acceptors (Lipinski definition) is 8. The molecular formula is C32H39NO8. The molecule has 0 radical (unpaired) electrons. The van der Waals surface area contributed by atoms with Crippen molar-refractivity contribution in [3.63, 3.8) is 0 Å². The molecule has 0 spiro atoms. The van der Waals surface area contributed by atoms with Gasteiger partial charge in [0.15, 0.2) is 0 Å². The van der Waals surface area contributed by atoms with Gasteiger partial charge in [-0.25, -0.2) is 4.79 Å². The van der Waals surface area contributed by atoms with Gasteiger partial charge in [-0.2, -0.15) is 0 Å². The fraction of sp³-hybridized carbons (Fsp3) is 0.406. The van der Waals surface area contributed by atoms with E-state index in [1.165, 1.54) is 0 Å². The molecule has 1 aliphatic rings. The summed E-state index contributed by atoms with van der Waals surface area (Å²) >= 11 is 0. The smallest absolute Gasteiger partial charge is 0.410 e. The summed E-state index contributed by atoms with van der Waals surface area (Å²) in [5.74, 6) is 0. The van der Waals surface area contributed by atoms with E-state index in [2.05, 4.69) is 0 Å². The molecule has 0 saturated carbocycles. The van der Waals surface area contributed by atoms with Crippen LogP contribution in [0.4, 0.5) is 4.79 Å². The van der Waals surface area contributed by atoms with E-state index < -0.39 is 60.5 Å². The summed E-state index contributed by atoms with van der Waals surface area (Å²) in [4.78, 5) is 13.8. The molecule has 41 heavy (non-hydrogen) atoms. The van der Waals surface area contributed by atoms with Crippen molar-refractivity contribution >= 4 is 6.09 Å². The van der Waals surface area contributed by atoms with E-state index in [-0.39, 0.29) is 6.54 Å². The lowest BCUT2D eigenvalue weighted by molar-refractivity contribution is -0.132.